The van der Waals surface area contributed by atoms with E-state index in [4.69, 9.17) is 0 Å². The van der Waals surface area contributed by atoms with Crippen LogP contribution in [-0.4, -0.2) is 37.5 Å². The monoisotopic (exact) mass is 236 g/mol. The van der Waals surface area contributed by atoms with Gasteiger partial charge >= 0.3 is 0 Å². The first-order valence-electron chi connectivity index (χ1n) is 7.19. The van der Waals surface area contributed by atoms with Gasteiger partial charge in [-0.25, -0.2) is 0 Å². The second-order valence-electron chi connectivity index (χ2n) is 6.36. The SMILES string of the molecule is CN(CC1CCCNC1)C(=O)C1CC2CC2C1. The Balaban J connectivity index is 1.47. The molecule has 0 bridgehead atoms. The number of carbonyl (C=O) groups is 1. The van der Waals surface area contributed by atoms with Crippen molar-refractivity contribution in [2.45, 2.75) is 32.1 Å². The van der Waals surface area contributed by atoms with Gasteiger partial charge in [0.05, 0.1) is 0 Å². The molecule has 3 aliphatic rings. The van der Waals surface area contributed by atoms with E-state index >= 15 is 0 Å². The van der Waals surface area contributed by atoms with Crippen LogP contribution in [0.15, 0.2) is 0 Å². The van der Waals surface area contributed by atoms with Gasteiger partial charge in [0.15, 0.2) is 0 Å². The standard InChI is InChI=1S/C14H24N2O/c1-16(9-10-3-2-4-15-8-10)14(17)13-6-11-5-12(11)7-13/h10-13,15H,2-9H2,1H3. The van der Waals surface area contributed by atoms with Crippen molar-refractivity contribution in [3.63, 3.8) is 0 Å². The minimum Gasteiger partial charge on any atom is -0.345 e. The van der Waals surface area contributed by atoms with Gasteiger partial charge in [-0.05, 0) is 62.9 Å². The highest BCUT2D eigenvalue weighted by atomic mass is 16.2. The smallest absolute Gasteiger partial charge is 0.225 e. The zero-order valence-corrected chi connectivity index (χ0v) is 10.8. The van der Waals surface area contributed by atoms with Crippen LogP contribution in [0.1, 0.15) is 32.1 Å². The third-order valence-corrected chi connectivity index (χ3v) is 4.90. The van der Waals surface area contributed by atoms with E-state index in [9.17, 15) is 4.79 Å². The number of hydrogen-bond donors (Lipinski definition) is 1. The molecule has 0 radical (unpaired) electrons. The molecule has 1 heterocycles. The second-order valence-corrected chi connectivity index (χ2v) is 6.36. The van der Waals surface area contributed by atoms with Crippen LogP contribution in [0.4, 0.5) is 0 Å². The van der Waals surface area contributed by atoms with Gasteiger partial charge < -0.3 is 10.2 Å². The number of nitrogens with one attached hydrogen (secondary N) is 1. The lowest BCUT2D eigenvalue weighted by Crippen LogP contribution is -2.41. The Morgan fingerprint density at radius 1 is 1.29 bits per heavy atom. The molecule has 3 rings (SSSR count). The van der Waals surface area contributed by atoms with Crippen LogP contribution >= 0.6 is 0 Å². The van der Waals surface area contributed by atoms with Gasteiger partial charge in [-0.2, -0.15) is 0 Å². The third kappa shape index (κ3) is 2.49. The van der Waals surface area contributed by atoms with E-state index in [0.29, 0.717) is 17.7 Å². The summed E-state index contributed by atoms with van der Waals surface area (Å²) in [6, 6.07) is 0. The number of amides is 1. The fourth-order valence-electron chi connectivity index (χ4n) is 3.79. The molecule has 0 aromatic rings. The second kappa shape index (κ2) is 4.60. The van der Waals surface area contributed by atoms with Crippen LogP contribution in [0.5, 0.6) is 0 Å². The Labute approximate surface area is 104 Å². The molecular formula is C14H24N2O. The summed E-state index contributed by atoms with van der Waals surface area (Å²) < 4.78 is 0. The zero-order valence-electron chi connectivity index (χ0n) is 10.8. The van der Waals surface area contributed by atoms with Crippen LogP contribution in [0.2, 0.25) is 0 Å². The highest BCUT2D eigenvalue weighted by Gasteiger charge is 2.48. The summed E-state index contributed by atoms with van der Waals surface area (Å²) in [4.78, 5) is 14.3. The lowest BCUT2D eigenvalue weighted by atomic mass is 9.97. The molecule has 2 saturated carbocycles. The van der Waals surface area contributed by atoms with Crippen molar-refractivity contribution in [1.29, 1.82) is 0 Å². The van der Waals surface area contributed by atoms with E-state index in [0.717, 1.165) is 31.5 Å². The minimum absolute atomic E-state index is 0.361. The molecule has 3 atom stereocenters. The number of rotatable bonds is 3. The van der Waals surface area contributed by atoms with Gasteiger partial charge in [-0.3, -0.25) is 4.79 Å². The topological polar surface area (TPSA) is 32.3 Å². The first-order valence-corrected chi connectivity index (χ1v) is 7.19. The fraction of sp³-hybridized carbons (Fsp3) is 0.929. The van der Waals surface area contributed by atoms with Crippen molar-refractivity contribution in [2.24, 2.45) is 23.7 Å². The molecule has 1 aliphatic heterocycles. The van der Waals surface area contributed by atoms with E-state index in [1.54, 1.807) is 0 Å². The highest BCUT2D eigenvalue weighted by molar-refractivity contribution is 5.79. The van der Waals surface area contributed by atoms with E-state index in [-0.39, 0.29) is 0 Å². The molecule has 3 heteroatoms. The summed E-state index contributed by atoms with van der Waals surface area (Å²) in [5, 5.41) is 3.42. The summed E-state index contributed by atoms with van der Waals surface area (Å²) in [6.45, 7) is 3.20. The summed E-state index contributed by atoms with van der Waals surface area (Å²) in [6.07, 6.45) is 6.30. The first kappa shape index (κ1) is 11.5. The largest absolute Gasteiger partial charge is 0.345 e. The normalized spacial score (nSPS) is 39.8. The maximum atomic E-state index is 12.3. The van der Waals surface area contributed by atoms with Crippen molar-refractivity contribution in [2.75, 3.05) is 26.7 Å². The zero-order chi connectivity index (χ0) is 11.8. The summed E-state index contributed by atoms with van der Waals surface area (Å²) in [5.74, 6) is 3.28. The van der Waals surface area contributed by atoms with Gasteiger partial charge in [-0.15, -0.1) is 0 Å². The average Bonchev–Trinajstić information content (AvgIpc) is 2.96. The van der Waals surface area contributed by atoms with Gasteiger partial charge in [0.2, 0.25) is 5.91 Å². The van der Waals surface area contributed by atoms with Crippen LogP contribution < -0.4 is 5.32 Å². The summed E-state index contributed by atoms with van der Waals surface area (Å²) in [7, 11) is 2.00. The van der Waals surface area contributed by atoms with Crippen molar-refractivity contribution in [3.8, 4) is 0 Å². The Bertz CT molecular complexity index is 289. The van der Waals surface area contributed by atoms with Crippen molar-refractivity contribution in [1.82, 2.24) is 10.2 Å². The van der Waals surface area contributed by atoms with Gasteiger partial charge in [0.1, 0.15) is 0 Å². The Morgan fingerprint density at radius 3 is 2.71 bits per heavy atom. The number of piperidine rings is 1. The van der Waals surface area contributed by atoms with Crippen LogP contribution in [0, 0.1) is 23.7 Å². The number of nitrogens with zero attached hydrogens (tertiary/aromatic N) is 1. The Morgan fingerprint density at radius 2 is 2.06 bits per heavy atom. The molecule has 1 N–H and O–H groups in total. The maximum Gasteiger partial charge on any atom is 0.225 e. The molecule has 3 fully saturated rings. The number of carbonyl (C=O) groups excluding carboxylic acids is 1. The first-order chi connectivity index (χ1) is 8.24. The molecule has 0 aromatic heterocycles. The minimum atomic E-state index is 0.361. The van der Waals surface area contributed by atoms with E-state index in [1.165, 1.54) is 32.1 Å². The quantitative estimate of drug-likeness (QED) is 0.805. The molecule has 1 amide bonds. The molecule has 17 heavy (non-hydrogen) atoms. The number of hydrogen-bond acceptors (Lipinski definition) is 2. The van der Waals surface area contributed by atoms with Crippen molar-refractivity contribution < 1.29 is 4.79 Å². The van der Waals surface area contributed by atoms with E-state index in [2.05, 4.69) is 5.32 Å². The van der Waals surface area contributed by atoms with Crippen molar-refractivity contribution >= 4 is 5.91 Å². The molecular weight excluding hydrogens is 212 g/mol. The van der Waals surface area contributed by atoms with Crippen molar-refractivity contribution in [3.05, 3.63) is 0 Å². The molecule has 3 nitrogen and oxygen atoms in total. The summed E-state index contributed by atoms with van der Waals surface area (Å²) in [5.41, 5.74) is 0. The molecule has 2 aliphatic carbocycles. The third-order valence-electron chi connectivity index (χ3n) is 4.90. The maximum absolute atomic E-state index is 12.3. The number of fused-ring (bicyclic) bond motifs is 1. The van der Waals surface area contributed by atoms with Gasteiger partial charge in [-0.1, -0.05) is 0 Å². The average molecular weight is 236 g/mol. The van der Waals surface area contributed by atoms with Gasteiger partial charge in [0, 0.05) is 19.5 Å². The van der Waals surface area contributed by atoms with E-state index < -0.39 is 0 Å². The van der Waals surface area contributed by atoms with Crippen LogP contribution in [0.3, 0.4) is 0 Å². The Kier molecular flexibility index (Phi) is 3.12. The fourth-order valence-corrected chi connectivity index (χ4v) is 3.79. The van der Waals surface area contributed by atoms with Crippen LogP contribution in [-0.2, 0) is 4.79 Å². The molecule has 3 unspecified atom stereocenters. The summed E-state index contributed by atoms with van der Waals surface area (Å²) >= 11 is 0. The predicted molar refractivity (Wildman–Crippen MR) is 67.6 cm³/mol. The highest BCUT2D eigenvalue weighted by Crippen LogP contribution is 2.54. The van der Waals surface area contributed by atoms with E-state index in [1.807, 2.05) is 11.9 Å². The lowest BCUT2D eigenvalue weighted by molar-refractivity contribution is -0.135. The molecule has 0 spiro atoms. The predicted octanol–water partition coefficient (Wildman–Crippen LogP) is 1.49. The van der Waals surface area contributed by atoms with Gasteiger partial charge in [0.25, 0.3) is 0 Å². The Hall–Kier alpha value is -0.570. The van der Waals surface area contributed by atoms with Crippen LogP contribution in [0.25, 0.3) is 0 Å². The lowest BCUT2D eigenvalue weighted by Gasteiger charge is -2.29. The molecule has 96 valence electrons. The molecule has 0 aromatic carbocycles. The molecule has 1 saturated heterocycles.